The second-order valence-electron chi connectivity index (χ2n) is 5.33. The van der Waals surface area contributed by atoms with Gasteiger partial charge in [-0.15, -0.1) is 12.4 Å². The van der Waals surface area contributed by atoms with Gasteiger partial charge in [-0.3, -0.25) is 9.69 Å². The summed E-state index contributed by atoms with van der Waals surface area (Å²) in [7, 11) is 0. The van der Waals surface area contributed by atoms with Crippen LogP contribution in [0.4, 0.5) is 0 Å². The molecule has 2 aromatic rings. The lowest BCUT2D eigenvalue weighted by Gasteiger charge is -2.31. The van der Waals surface area contributed by atoms with E-state index >= 15 is 0 Å². The average molecular weight is 367 g/mol. The maximum absolute atomic E-state index is 12.3. The second-order valence-corrected chi connectivity index (χ2v) is 5.74. The zero-order valence-corrected chi connectivity index (χ0v) is 15.6. The Balaban J connectivity index is 0.00000288. The van der Waals surface area contributed by atoms with Gasteiger partial charge in [0.1, 0.15) is 0 Å². The summed E-state index contributed by atoms with van der Waals surface area (Å²) in [5.41, 5.74) is 1.72. The van der Waals surface area contributed by atoms with E-state index in [1.165, 1.54) is 0 Å². The van der Waals surface area contributed by atoms with Crippen molar-refractivity contribution in [3.8, 4) is 0 Å². The molecule has 1 unspecified atom stereocenters. The Morgan fingerprint density at radius 3 is 2.21 bits per heavy atom. The number of rotatable bonds is 7. The van der Waals surface area contributed by atoms with Gasteiger partial charge in [0.05, 0.1) is 6.04 Å². The average Bonchev–Trinajstić information content (AvgIpc) is 2.60. The van der Waals surface area contributed by atoms with E-state index < -0.39 is 0 Å². The summed E-state index contributed by atoms with van der Waals surface area (Å²) in [5, 5.41) is 3.77. The van der Waals surface area contributed by atoms with Crippen LogP contribution in [0.2, 0.25) is 5.02 Å². The Hall–Kier alpha value is -1.55. The van der Waals surface area contributed by atoms with Crippen LogP contribution in [0, 0.1) is 0 Å². The molecule has 24 heavy (non-hydrogen) atoms. The van der Waals surface area contributed by atoms with Gasteiger partial charge in [0.25, 0.3) is 5.91 Å². The minimum Gasteiger partial charge on any atom is -0.350 e. The molecule has 0 aliphatic carbocycles. The number of hydrogen-bond donors (Lipinski definition) is 1. The highest BCUT2D eigenvalue weighted by atomic mass is 35.5. The van der Waals surface area contributed by atoms with E-state index in [1.807, 2.05) is 54.6 Å². The predicted octanol–water partition coefficient (Wildman–Crippen LogP) is 4.57. The van der Waals surface area contributed by atoms with Crippen LogP contribution in [0.25, 0.3) is 0 Å². The summed E-state index contributed by atoms with van der Waals surface area (Å²) in [6, 6.07) is 17.2. The van der Waals surface area contributed by atoms with Crippen LogP contribution >= 0.6 is 24.0 Å². The first-order valence-corrected chi connectivity index (χ1v) is 8.36. The number of nitrogens with one attached hydrogen (secondary N) is 1. The molecule has 2 aromatic carbocycles. The monoisotopic (exact) mass is 366 g/mol. The van der Waals surface area contributed by atoms with Gasteiger partial charge < -0.3 is 5.32 Å². The van der Waals surface area contributed by atoms with Crippen molar-refractivity contribution in [3.05, 3.63) is 70.7 Å². The van der Waals surface area contributed by atoms with Crippen molar-refractivity contribution in [3.63, 3.8) is 0 Å². The number of carbonyl (C=O) groups is 1. The first-order chi connectivity index (χ1) is 11.2. The quantitative estimate of drug-likeness (QED) is 0.777. The molecule has 0 aliphatic rings. The molecule has 5 heteroatoms. The van der Waals surface area contributed by atoms with E-state index in [9.17, 15) is 4.79 Å². The molecule has 0 aromatic heterocycles. The Bertz CT molecular complexity index is 630. The van der Waals surface area contributed by atoms with Crippen molar-refractivity contribution in [2.45, 2.75) is 19.9 Å². The molecule has 0 saturated carbocycles. The first kappa shape index (κ1) is 20.5. The summed E-state index contributed by atoms with van der Waals surface area (Å²) in [6.45, 7) is 6.55. The van der Waals surface area contributed by atoms with Crippen molar-refractivity contribution >= 4 is 29.9 Å². The maximum atomic E-state index is 12.3. The third kappa shape index (κ3) is 5.23. The molecule has 3 nitrogen and oxygen atoms in total. The Morgan fingerprint density at radius 2 is 1.62 bits per heavy atom. The van der Waals surface area contributed by atoms with Gasteiger partial charge in [-0.05, 0) is 36.9 Å². The predicted molar refractivity (Wildman–Crippen MR) is 103 cm³/mol. The highest BCUT2D eigenvalue weighted by Crippen LogP contribution is 2.27. The Labute approximate surface area is 155 Å². The lowest BCUT2D eigenvalue weighted by molar-refractivity contribution is 0.0935. The van der Waals surface area contributed by atoms with Crippen LogP contribution in [0.3, 0.4) is 0 Å². The molecule has 1 atom stereocenters. The number of halogens is 2. The second kappa shape index (κ2) is 10.3. The van der Waals surface area contributed by atoms with Crippen molar-refractivity contribution in [1.29, 1.82) is 0 Å². The summed E-state index contributed by atoms with van der Waals surface area (Å²) < 4.78 is 0. The van der Waals surface area contributed by atoms with Crippen molar-refractivity contribution in [1.82, 2.24) is 10.2 Å². The van der Waals surface area contributed by atoms with E-state index in [0.717, 1.165) is 23.7 Å². The lowest BCUT2D eigenvalue weighted by Crippen LogP contribution is -2.38. The van der Waals surface area contributed by atoms with Crippen molar-refractivity contribution in [2.24, 2.45) is 0 Å². The molecule has 1 amide bonds. The normalized spacial score (nSPS) is 11.7. The number of likely N-dealkylation sites (N-methyl/N-ethyl adjacent to an activating group) is 1. The number of carbonyl (C=O) groups excluding carboxylic acids is 1. The summed E-state index contributed by atoms with van der Waals surface area (Å²) in [5.74, 6) is -0.0604. The summed E-state index contributed by atoms with van der Waals surface area (Å²) in [4.78, 5) is 14.6. The third-order valence-electron chi connectivity index (χ3n) is 4.01. The van der Waals surface area contributed by atoms with E-state index in [1.54, 1.807) is 0 Å². The fraction of sp³-hybridized carbons (Fsp3) is 0.316. The van der Waals surface area contributed by atoms with Crippen LogP contribution in [-0.4, -0.2) is 30.4 Å². The highest BCUT2D eigenvalue weighted by molar-refractivity contribution is 6.31. The maximum Gasteiger partial charge on any atom is 0.251 e. The van der Waals surface area contributed by atoms with Crippen LogP contribution < -0.4 is 5.32 Å². The van der Waals surface area contributed by atoms with Gasteiger partial charge in [0, 0.05) is 17.1 Å². The Kier molecular flexibility index (Phi) is 8.83. The van der Waals surface area contributed by atoms with Gasteiger partial charge in [-0.1, -0.05) is 61.8 Å². The summed E-state index contributed by atoms with van der Waals surface area (Å²) >= 11 is 6.37. The number of hydrogen-bond acceptors (Lipinski definition) is 2. The molecular weight excluding hydrogens is 343 g/mol. The largest absolute Gasteiger partial charge is 0.350 e. The molecule has 0 aliphatic heterocycles. The van der Waals surface area contributed by atoms with Crippen LogP contribution in [-0.2, 0) is 0 Å². The van der Waals surface area contributed by atoms with Gasteiger partial charge in [0.15, 0.2) is 0 Å². The van der Waals surface area contributed by atoms with E-state index in [2.05, 4.69) is 24.1 Å². The molecule has 0 bridgehead atoms. The van der Waals surface area contributed by atoms with Crippen molar-refractivity contribution in [2.75, 3.05) is 19.6 Å². The highest BCUT2D eigenvalue weighted by Gasteiger charge is 2.21. The zero-order chi connectivity index (χ0) is 16.7. The third-order valence-corrected chi connectivity index (χ3v) is 4.35. The number of benzene rings is 2. The molecule has 0 saturated heterocycles. The molecule has 0 fully saturated rings. The molecule has 1 N–H and O–H groups in total. The van der Waals surface area contributed by atoms with Crippen LogP contribution in [0.5, 0.6) is 0 Å². The molecule has 130 valence electrons. The SMILES string of the molecule is CCN(CC)C(CNC(=O)c1ccccc1)c1ccccc1Cl.Cl. The topological polar surface area (TPSA) is 32.3 Å². The fourth-order valence-electron chi connectivity index (χ4n) is 2.73. The smallest absolute Gasteiger partial charge is 0.251 e. The van der Waals surface area contributed by atoms with E-state index in [4.69, 9.17) is 11.6 Å². The molecule has 0 spiro atoms. The van der Waals surface area contributed by atoms with Gasteiger partial charge in [-0.2, -0.15) is 0 Å². The molecule has 0 radical (unpaired) electrons. The Morgan fingerprint density at radius 1 is 1.04 bits per heavy atom. The van der Waals surface area contributed by atoms with Gasteiger partial charge in [-0.25, -0.2) is 0 Å². The first-order valence-electron chi connectivity index (χ1n) is 7.99. The van der Waals surface area contributed by atoms with Crippen LogP contribution in [0.15, 0.2) is 54.6 Å². The zero-order valence-electron chi connectivity index (χ0n) is 14.0. The lowest BCUT2D eigenvalue weighted by atomic mass is 10.0. The minimum absolute atomic E-state index is 0. The molecule has 2 rings (SSSR count). The van der Waals surface area contributed by atoms with Gasteiger partial charge in [0.2, 0.25) is 0 Å². The molecule has 0 heterocycles. The summed E-state index contributed by atoms with van der Waals surface area (Å²) in [6.07, 6.45) is 0. The van der Waals surface area contributed by atoms with E-state index in [0.29, 0.717) is 12.1 Å². The fourth-order valence-corrected chi connectivity index (χ4v) is 2.99. The number of amides is 1. The minimum atomic E-state index is -0.0604. The van der Waals surface area contributed by atoms with Gasteiger partial charge >= 0.3 is 0 Å². The van der Waals surface area contributed by atoms with Crippen LogP contribution in [0.1, 0.15) is 35.8 Å². The van der Waals surface area contributed by atoms with Crippen molar-refractivity contribution < 1.29 is 4.79 Å². The van der Waals surface area contributed by atoms with E-state index in [-0.39, 0.29) is 24.4 Å². The molecular formula is C19H24Cl2N2O. The number of nitrogens with zero attached hydrogens (tertiary/aromatic N) is 1. The standard InChI is InChI=1S/C19H23ClN2O.ClH/c1-3-22(4-2)18(16-12-8-9-13-17(16)20)14-21-19(23)15-10-6-5-7-11-15;/h5-13,18H,3-4,14H2,1-2H3,(H,21,23);1H.